The van der Waals surface area contributed by atoms with Crippen molar-refractivity contribution in [3.63, 3.8) is 0 Å². The van der Waals surface area contributed by atoms with Crippen LogP contribution in [0.3, 0.4) is 0 Å². The summed E-state index contributed by atoms with van der Waals surface area (Å²) in [5.41, 5.74) is 10.1. The first-order chi connectivity index (χ1) is 12.7. The number of hydrogen-bond donors (Lipinski definition) is 2. The molecule has 1 aliphatic carbocycles. The Morgan fingerprint density at radius 2 is 1.88 bits per heavy atom. The lowest BCUT2D eigenvalue weighted by Crippen LogP contribution is -2.18. The highest BCUT2D eigenvalue weighted by atomic mass is 16.1. The summed E-state index contributed by atoms with van der Waals surface area (Å²) in [5, 5.41) is 3.53. The Hall–Kier alpha value is -3.21. The van der Waals surface area contributed by atoms with Crippen LogP contribution in [0.2, 0.25) is 0 Å². The van der Waals surface area contributed by atoms with Gasteiger partial charge in [-0.3, -0.25) is 4.79 Å². The monoisotopic (exact) mass is 344 g/mol. The molecule has 3 N–H and O–H groups in total. The van der Waals surface area contributed by atoms with Crippen molar-refractivity contribution >= 4 is 11.7 Å². The van der Waals surface area contributed by atoms with Gasteiger partial charge in [-0.25, -0.2) is 9.97 Å². The number of hydrogen-bond acceptors (Lipinski definition) is 4. The molecule has 1 aromatic heterocycles. The Morgan fingerprint density at radius 1 is 1.08 bits per heavy atom. The third-order valence-electron chi connectivity index (χ3n) is 4.83. The normalized spacial score (nSPS) is 15.9. The summed E-state index contributed by atoms with van der Waals surface area (Å²) < 4.78 is 0. The molecule has 0 saturated heterocycles. The van der Waals surface area contributed by atoms with Gasteiger partial charge in [-0.1, -0.05) is 42.5 Å². The van der Waals surface area contributed by atoms with Crippen LogP contribution in [0.5, 0.6) is 0 Å². The summed E-state index contributed by atoms with van der Waals surface area (Å²) in [7, 11) is 0. The number of nitrogens with zero attached hydrogens (tertiary/aromatic N) is 2. The van der Waals surface area contributed by atoms with Crippen LogP contribution in [0.4, 0.5) is 5.82 Å². The predicted octanol–water partition coefficient (Wildman–Crippen LogP) is 3.73. The van der Waals surface area contributed by atoms with Crippen LogP contribution in [0.25, 0.3) is 11.3 Å². The zero-order valence-electron chi connectivity index (χ0n) is 14.4. The Labute approximate surface area is 152 Å². The largest absolute Gasteiger partial charge is 0.366 e. The number of aryl methyl sites for hydroxylation is 1. The number of amides is 1. The van der Waals surface area contributed by atoms with E-state index in [-0.39, 0.29) is 6.04 Å². The van der Waals surface area contributed by atoms with E-state index in [0.717, 1.165) is 30.6 Å². The van der Waals surface area contributed by atoms with Crippen molar-refractivity contribution in [2.45, 2.75) is 25.3 Å². The van der Waals surface area contributed by atoms with Crippen LogP contribution >= 0.6 is 0 Å². The Morgan fingerprint density at radius 3 is 2.77 bits per heavy atom. The third-order valence-corrected chi connectivity index (χ3v) is 4.83. The second-order valence-corrected chi connectivity index (χ2v) is 6.49. The molecule has 5 heteroatoms. The van der Waals surface area contributed by atoms with Gasteiger partial charge in [-0.2, -0.15) is 0 Å². The van der Waals surface area contributed by atoms with Gasteiger partial charge in [0, 0.05) is 17.2 Å². The first-order valence-corrected chi connectivity index (χ1v) is 8.78. The average Bonchev–Trinajstić information content (AvgIpc) is 2.68. The molecule has 3 aromatic rings. The van der Waals surface area contributed by atoms with Crippen molar-refractivity contribution in [1.29, 1.82) is 0 Å². The summed E-state index contributed by atoms with van der Waals surface area (Å²) in [4.78, 5) is 20.4. The lowest BCUT2D eigenvalue weighted by molar-refractivity contribution is 0.100. The van der Waals surface area contributed by atoms with Crippen LogP contribution in [-0.4, -0.2) is 15.9 Å². The van der Waals surface area contributed by atoms with E-state index in [1.54, 1.807) is 12.1 Å². The molecule has 0 fully saturated rings. The molecule has 0 saturated carbocycles. The lowest BCUT2D eigenvalue weighted by Gasteiger charge is -2.26. The van der Waals surface area contributed by atoms with E-state index in [0.29, 0.717) is 11.3 Å². The maximum Gasteiger partial charge on any atom is 0.249 e. The quantitative estimate of drug-likeness (QED) is 0.755. The molecule has 130 valence electrons. The molecule has 2 aromatic carbocycles. The van der Waals surface area contributed by atoms with Crippen LogP contribution in [0.1, 0.15) is 40.4 Å². The zero-order chi connectivity index (χ0) is 17.9. The van der Waals surface area contributed by atoms with Crippen LogP contribution in [-0.2, 0) is 6.42 Å². The number of primary amides is 1. The van der Waals surface area contributed by atoms with Crippen molar-refractivity contribution in [2.75, 3.05) is 5.32 Å². The van der Waals surface area contributed by atoms with Crippen molar-refractivity contribution < 1.29 is 4.79 Å². The third kappa shape index (κ3) is 3.16. The molecule has 26 heavy (non-hydrogen) atoms. The predicted molar refractivity (Wildman–Crippen MR) is 102 cm³/mol. The maximum atomic E-state index is 11.7. The summed E-state index contributed by atoms with van der Waals surface area (Å²) in [5.74, 6) is 0.283. The van der Waals surface area contributed by atoms with Crippen LogP contribution in [0, 0.1) is 0 Å². The second-order valence-electron chi connectivity index (χ2n) is 6.49. The number of aromatic nitrogens is 2. The summed E-state index contributed by atoms with van der Waals surface area (Å²) in [6.07, 6.45) is 4.85. The summed E-state index contributed by atoms with van der Waals surface area (Å²) in [6.45, 7) is 0. The molecule has 0 radical (unpaired) electrons. The van der Waals surface area contributed by atoms with Crippen LogP contribution in [0.15, 0.2) is 60.9 Å². The van der Waals surface area contributed by atoms with Gasteiger partial charge in [0.25, 0.3) is 0 Å². The number of carbonyl (C=O) groups is 1. The smallest absolute Gasteiger partial charge is 0.249 e. The SMILES string of the molecule is NC(=O)c1ccccc1-c1cc(N[C@@H]2CCCc3ccccc32)ncn1. The van der Waals surface area contributed by atoms with Gasteiger partial charge in [-0.15, -0.1) is 0 Å². The van der Waals surface area contributed by atoms with E-state index in [1.807, 2.05) is 18.2 Å². The average molecular weight is 344 g/mol. The number of nitrogens with one attached hydrogen (secondary N) is 1. The Kier molecular flexibility index (Phi) is 4.35. The van der Waals surface area contributed by atoms with Gasteiger partial charge in [0.1, 0.15) is 12.1 Å². The molecular formula is C21H20N4O. The molecule has 1 amide bonds. The minimum atomic E-state index is -0.463. The van der Waals surface area contributed by atoms with Gasteiger partial charge in [-0.05, 0) is 36.5 Å². The topological polar surface area (TPSA) is 80.9 Å². The highest BCUT2D eigenvalue weighted by Gasteiger charge is 2.20. The van der Waals surface area contributed by atoms with E-state index in [9.17, 15) is 4.79 Å². The standard InChI is InChI=1S/C21H20N4O/c22-21(26)17-10-4-3-9-16(17)19-12-20(24-13-23-19)25-18-11-5-7-14-6-1-2-8-15(14)18/h1-4,6,8-10,12-13,18H,5,7,11H2,(H2,22,26)(H,23,24,25)/t18-/m1/s1. The number of carbonyl (C=O) groups excluding carboxylic acids is 1. The van der Waals surface area contributed by atoms with Gasteiger partial charge in [0.2, 0.25) is 5.91 Å². The van der Waals surface area contributed by atoms with Crippen molar-refractivity contribution in [1.82, 2.24) is 9.97 Å². The van der Waals surface area contributed by atoms with Gasteiger partial charge in [0.05, 0.1) is 11.7 Å². The van der Waals surface area contributed by atoms with E-state index >= 15 is 0 Å². The van der Waals surface area contributed by atoms with Crippen LogP contribution < -0.4 is 11.1 Å². The lowest BCUT2D eigenvalue weighted by atomic mass is 9.88. The summed E-state index contributed by atoms with van der Waals surface area (Å²) in [6, 6.07) is 17.9. The Balaban J connectivity index is 1.65. The fraction of sp³-hybridized carbons (Fsp3) is 0.190. The molecule has 1 heterocycles. The molecule has 1 aliphatic rings. The molecular weight excluding hydrogens is 324 g/mol. The highest BCUT2D eigenvalue weighted by Crippen LogP contribution is 2.32. The van der Waals surface area contributed by atoms with E-state index in [2.05, 4.69) is 39.6 Å². The second kappa shape index (κ2) is 6.96. The molecule has 1 atom stereocenters. The molecule has 0 unspecified atom stereocenters. The minimum absolute atomic E-state index is 0.231. The Bertz CT molecular complexity index is 954. The highest BCUT2D eigenvalue weighted by molar-refractivity contribution is 5.99. The molecule has 0 aliphatic heterocycles. The molecule has 0 bridgehead atoms. The maximum absolute atomic E-state index is 11.7. The zero-order valence-corrected chi connectivity index (χ0v) is 14.4. The molecule has 5 nitrogen and oxygen atoms in total. The molecule has 0 spiro atoms. The first-order valence-electron chi connectivity index (χ1n) is 8.78. The first kappa shape index (κ1) is 16.3. The summed E-state index contributed by atoms with van der Waals surface area (Å²) >= 11 is 0. The van der Waals surface area contributed by atoms with E-state index in [4.69, 9.17) is 5.73 Å². The van der Waals surface area contributed by atoms with E-state index < -0.39 is 5.91 Å². The van der Waals surface area contributed by atoms with E-state index in [1.165, 1.54) is 17.5 Å². The van der Waals surface area contributed by atoms with Gasteiger partial charge in [0.15, 0.2) is 0 Å². The van der Waals surface area contributed by atoms with Crippen molar-refractivity contribution in [3.05, 3.63) is 77.6 Å². The number of nitrogens with two attached hydrogens (primary N) is 1. The minimum Gasteiger partial charge on any atom is -0.366 e. The number of fused-ring (bicyclic) bond motifs is 1. The number of anilines is 1. The fourth-order valence-corrected chi connectivity index (χ4v) is 3.59. The van der Waals surface area contributed by atoms with Gasteiger partial charge < -0.3 is 11.1 Å². The number of benzene rings is 2. The molecule has 4 rings (SSSR count). The van der Waals surface area contributed by atoms with Gasteiger partial charge >= 0.3 is 0 Å². The fourth-order valence-electron chi connectivity index (χ4n) is 3.59. The van der Waals surface area contributed by atoms with Crippen molar-refractivity contribution in [3.8, 4) is 11.3 Å². The number of rotatable bonds is 4. The van der Waals surface area contributed by atoms with Crippen molar-refractivity contribution in [2.24, 2.45) is 5.73 Å².